The lowest BCUT2D eigenvalue weighted by molar-refractivity contribution is 0.0692. The molecule has 0 amide bonds. The van der Waals surface area contributed by atoms with Gasteiger partial charge in [0, 0.05) is 5.56 Å². The number of benzene rings is 1. The van der Waals surface area contributed by atoms with E-state index in [4.69, 9.17) is 9.52 Å². The van der Waals surface area contributed by atoms with Gasteiger partial charge < -0.3 is 9.52 Å². The highest BCUT2D eigenvalue weighted by atomic mass is 16.4. The highest BCUT2D eigenvalue weighted by Gasteiger charge is 2.19. The highest BCUT2D eigenvalue weighted by Crippen LogP contribution is 2.15. The summed E-state index contributed by atoms with van der Waals surface area (Å²) >= 11 is 0. The van der Waals surface area contributed by atoms with Gasteiger partial charge >= 0.3 is 5.97 Å². The molecule has 4 nitrogen and oxygen atoms in total. The molecule has 1 aromatic heterocycles. The molecule has 1 heterocycles. The molecule has 0 bridgehead atoms. The van der Waals surface area contributed by atoms with Gasteiger partial charge in [-0.25, -0.2) is 4.79 Å². The van der Waals surface area contributed by atoms with Crippen molar-refractivity contribution in [2.75, 3.05) is 0 Å². The van der Waals surface area contributed by atoms with Crippen molar-refractivity contribution in [3.05, 3.63) is 59.5 Å². The molecule has 0 aliphatic carbocycles. The van der Waals surface area contributed by atoms with E-state index < -0.39 is 5.97 Å². The Morgan fingerprint density at radius 3 is 2.25 bits per heavy atom. The van der Waals surface area contributed by atoms with E-state index in [9.17, 15) is 9.59 Å². The number of carbonyl (C=O) groups is 2. The zero-order chi connectivity index (χ0) is 11.5. The molecule has 0 radical (unpaired) electrons. The van der Waals surface area contributed by atoms with Gasteiger partial charge in [-0.05, 0) is 0 Å². The third-order valence-electron chi connectivity index (χ3n) is 2.17. The molecule has 80 valence electrons. The minimum Gasteiger partial charge on any atom is -0.478 e. The van der Waals surface area contributed by atoms with Crippen LogP contribution in [0.25, 0.3) is 0 Å². The maximum Gasteiger partial charge on any atom is 0.339 e. The Morgan fingerprint density at radius 1 is 1.00 bits per heavy atom. The van der Waals surface area contributed by atoms with Gasteiger partial charge in [0.25, 0.3) is 0 Å². The summed E-state index contributed by atoms with van der Waals surface area (Å²) in [7, 11) is 0. The summed E-state index contributed by atoms with van der Waals surface area (Å²) in [6, 6.07) is 8.47. The van der Waals surface area contributed by atoms with Gasteiger partial charge in [0.05, 0.1) is 5.56 Å². The van der Waals surface area contributed by atoms with Crippen molar-refractivity contribution in [3.63, 3.8) is 0 Å². The van der Waals surface area contributed by atoms with E-state index in [1.807, 2.05) is 0 Å². The summed E-state index contributed by atoms with van der Waals surface area (Å²) < 4.78 is 4.75. The molecule has 1 aromatic carbocycles. The number of furan rings is 1. The van der Waals surface area contributed by atoms with E-state index in [2.05, 4.69) is 0 Å². The summed E-state index contributed by atoms with van der Waals surface area (Å²) in [6.45, 7) is 0. The van der Waals surface area contributed by atoms with Crippen LogP contribution in [-0.2, 0) is 0 Å². The molecule has 0 aliphatic rings. The zero-order valence-electron chi connectivity index (χ0n) is 8.21. The fourth-order valence-corrected chi connectivity index (χ4v) is 1.38. The van der Waals surface area contributed by atoms with Gasteiger partial charge in [-0.3, -0.25) is 4.79 Å². The largest absolute Gasteiger partial charge is 0.478 e. The molecule has 4 heteroatoms. The van der Waals surface area contributed by atoms with Gasteiger partial charge in [0.2, 0.25) is 0 Å². The van der Waals surface area contributed by atoms with Crippen LogP contribution in [0.15, 0.2) is 47.3 Å². The number of carbonyl (C=O) groups excluding carboxylic acids is 1. The van der Waals surface area contributed by atoms with Crippen LogP contribution in [0.2, 0.25) is 0 Å². The van der Waals surface area contributed by atoms with Gasteiger partial charge in [0.1, 0.15) is 18.1 Å². The van der Waals surface area contributed by atoms with E-state index in [0.717, 1.165) is 12.5 Å². The number of aromatic carboxylic acids is 1. The van der Waals surface area contributed by atoms with Crippen LogP contribution in [0, 0.1) is 0 Å². The zero-order valence-corrected chi connectivity index (χ0v) is 8.21. The average Bonchev–Trinajstić information content (AvgIpc) is 2.78. The van der Waals surface area contributed by atoms with Crippen molar-refractivity contribution in [2.24, 2.45) is 0 Å². The lowest BCUT2D eigenvalue weighted by Gasteiger charge is -1.98. The van der Waals surface area contributed by atoms with Gasteiger partial charge in [-0.15, -0.1) is 0 Å². The van der Waals surface area contributed by atoms with E-state index in [0.29, 0.717) is 5.56 Å². The number of ketones is 1. The molecule has 0 aliphatic heterocycles. The third kappa shape index (κ3) is 1.72. The van der Waals surface area contributed by atoms with Crippen LogP contribution in [0.4, 0.5) is 0 Å². The minimum absolute atomic E-state index is 0.0682. The Kier molecular flexibility index (Phi) is 2.55. The minimum atomic E-state index is -1.17. The van der Waals surface area contributed by atoms with E-state index in [1.165, 1.54) is 0 Å². The molecule has 1 N–H and O–H groups in total. The van der Waals surface area contributed by atoms with Crippen molar-refractivity contribution >= 4 is 11.8 Å². The average molecular weight is 216 g/mol. The van der Waals surface area contributed by atoms with E-state index in [-0.39, 0.29) is 16.9 Å². The Morgan fingerprint density at radius 2 is 1.62 bits per heavy atom. The number of hydrogen-bond acceptors (Lipinski definition) is 3. The molecule has 0 atom stereocenters. The summed E-state index contributed by atoms with van der Waals surface area (Å²) in [5.74, 6) is -1.53. The molecule has 0 spiro atoms. The monoisotopic (exact) mass is 216 g/mol. The number of carboxylic acid groups (broad SMARTS) is 1. The molecular weight excluding hydrogens is 208 g/mol. The predicted molar refractivity (Wildman–Crippen MR) is 55.5 cm³/mol. The molecular formula is C12H8O4. The Balaban J connectivity index is 2.42. The summed E-state index contributed by atoms with van der Waals surface area (Å²) in [5.41, 5.74) is 0.388. The van der Waals surface area contributed by atoms with E-state index in [1.54, 1.807) is 30.3 Å². The number of rotatable bonds is 3. The topological polar surface area (TPSA) is 67.5 Å². The quantitative estimate of drug-likeness (QED) is 0.798. The van der Waals surface area contributed by atoms with Crippen molar-refractivity contribution < 1.29 is 19.1 Å². The normalized spacial score (nSPS) is 10.0. The van der Waals surface area contributed by atoms with Crippen LogP contribution < -0.4 is 0 Å². The first-order chi connectivity index (χ1) is 7.70. The van der Waals surface area contributed by atoms with Crippen LogP contribution in [0.1, 0.15) is 26.3 Å². The summed E-state index contributed by atoms with van der Waals surface area (Å²) in [5, 5.41) is 8.84. The van der Waals surface area contributed by atoms with Gasteiger partial charge in [-0.2, -0.15) is 0 Å². The second kappa shape index (κ2) is 4.02. The maximum absolute atomic E-state index is 11.9. The first-order valence-corrected chi connectivity index (χ1v) is 4.59. The van der Waals surface area contributed by atoms with Gasteiger partial charge in [-0.1, -0.05) is 30.3 Å². The SMILES string of the molecule is O=C(O)c1cocc1C(=O)c1ccccc1. The molecule has 16 heavy (non-hydrogen) atoms. The molecule has 2 aromatic rings. The molecule has 0 saturated carbocycles. The van der Waals surface area contributed by atoms with Crippen molar-refractivity contribution in [1.29, 1.82) is 0 Å². The lowest BCUT2D eigenvalue weighted by atomic mass is 10.0. The maximum atomic E-state index is 11.9. The fraction of sp³-hybridized carbons (Fsp3) is 0. The fourth-order valence-electron chi connectivity index (χ4n) is 1.38. The van der Waals surface area contributed by atoms with Crippen molar-refractivity contribution in [1.82, 2.24) is 0 Å². The second-order valence-electron chi connectivity index (χ2n) is 3.20. The summed E-state index contributed by atoms with van der Waals surface area (Å²) in [6.07, 6.45) is 2.21. The third-order valence-corrected chi connectivity index (χ3v) is 2.17. The van der Waals surface area contributed by atoms with Crippen LogP contribution >= 0.6 is 0 Å². The number of carboxylic acids is 1. The molecule has 2 rings (SSSR count). The van der Waals surface area contributed by atoms with Crippen molar-refractivity contribution in [2.45, 2.75) is 0 Å². The highest BCUT2D eigenvalue weighted by molar-refractivity contribution is 6.13. The lowest BCUT2D eigenvalue weighted by Crippen LogP contribution is -2.06. The first kappa shape index (κ1) is 10.2. The predicted octanol–water partition coefficient (Wildman–Crippen LogP) is 2.21. The van der Waals surface area contributed by atoms with Gasteiger partial charge in [0.15, 0.2) is 5.78 Å². The Bertz CT molecular complexity index is 525. The Hall–Kier alpha value is -2.36. The van der Waals surface area contributed by atoms with Crippen LogP contribution in [0.5, 0.6) is 0 Å². The first-order valence-electron chi connectivity index (χ1n) is 4.59. The molecule has 0 fully saturated rings. The van der Waals surface area contributed by atoms with Crippen LogP contribution in [0.3, 0.4) is 0 Å². The van der Waals surface area contributed by atoms with Crippen LogP contribution in [-0.4, -0.2) is 16.9 Å². The van der Waals surface area contributed by atoms with Crippen molar-refractivity contribution in [3.8, 4) is 0 Å². The Labute approximate surface area is 91.1 Å². The molecule has 0 saturated heterocycles. The standard InChI is InChI=1S/C12H8O4/c13-11(8-4-2-1-3-5-8)9-6-16-7-10(9)12(14)15/h1-7H,(H,14,15). The summed E-state index contributed by atoms with van der Waals surface area (Å²) in [4.78, 5) is 22.7. The molecule has 0 unspecified atom stereocenters. The number of hydrogen-bond donors (Lipinski definition) is 1. The van der Waals surface area contributed by atoms with E-state index >= 15 is 0 Å². The second-order valence-corrected chi connectivity index (χ2v) is 3.20. The smallest absolute Gasteiger partial charge is 0.339 e.